The van der Waals surface area contributed by atoms with Crippen molar-refractivity contribution in [2.24, 2.45) is 4.99 Å². The van der Waals surface area contributed by atoms with Crippen molar-refractivity contribution in [3.63, 3.8) is 0 Å². The van der Waals surface area contributed by atoms with Gasteiger partial charge in [-0.05, 0) is 59.1 Å². The highest BCUT2D eigenvalue weighted by Gasteiger charge is 2.13. The Morgan fingerprint density at radius 1 is 1.29 bits per heavy atom. The minimum Gasteiger partial charge on any atom is -0.490 e. The number of aliphatic imine (C=N–C) groups is 1. The second-order valence-corrected chi connectivity index (χ2v) is 5.84. The number of carboxylic acid groups (broad SMARTS) is 1. The summed E-state index contributed by atoms with van der Waals surface area (Å²) in [6.07, 6.45) is 1.73. The fraction of sp³-hybridized carbons (Fsp3) is 0.222. The molecule has 2 aromatic carbocycles. The number of hydrogen-bond acceptors (Lipinski definition) is 4. The third kappa shape index (κ3) is 4.83. The number of halogens is 1. The smallest absolute Gasteiger partial charge is 0.341 e. The predicted molar refractivity (Wildman–Crippen MR) is 96.9 cm³/mol. The fourth-order valence-corrected chi connectivity index (χ4v) is 2.63. The Balaban J connectivity index is 2.31. The first-order valence-electron chi connectivity index (χ1n) is 7.42. The van der Waals surface area contributed by atoms with Crippen LogP contribution in [0.1, 0.15) is 18.1 Å². The van der Waals surface area contributed by atoms with E-state index >= 15 is 0 Å². The van der Waals surface area contributed by atoms with Gasteiger partial charge >= 0.3 is 5.97 Å². The quantitative estimate of drug-likeness (QED) is 0.711. The van der Waals surface area contributed by atoms with Crippen molar-refractivity contribution in [3.05, 3.63) is 52.0 Å². The molecule has 0 unspecified atom stereocenters. The van der Waals surface area contributed by atoms with Crippen LogP contribution in [0.3, 0.4) is 0 Å². The maximum absolute atomic E-state index is 10.7. The number of nitrogens with zero attached hydrogens (tertiary/aromatic N) is 1. The van der Waals surface area contributed by atoms with Gasteiger partial charge in [0.2, 0.25) is 0 Å². The molecule has 0 radical (unpaired) electrons. The van der Waals surface area contributed by atoms with Gasteiger partial charge < -0.3 is 14.6 Å². The number of ether oxygens (including phenoxy) is 2. The van der Waals surface area contributed by atoms with E-state index in [1.807, 2.05) is 44.2 Å². The number of aryl methyl sites for hydroxylation is 1. The van der Waals surface area contributed by atoms with Crippen molar-refractivity contribution in [1.29, 1.82) is 0 Å². The van der Waals surface area contributed by atoms with Crippen molar-refractivity contribution >= 4 is 33.8 Å². The molecule has 0 saturated heterocycles. The van der Waals surface area contributed by atoms with Crippen LogP contribution in [0.2, 0.25) is 0 Å². The molecule has 0 aromatic heterocycles. The minimum atomic E-state index is -1.05. The van der Waals surface area contributed by atoms with E-state index in [0.29, 0.717) is 22.6 Å². The van der Waals surface area contributed by atoms with Crippen LogP contribution in [0.5, 0.6) is 11.5 Å². The molecule has 5 nitrogen and oxygen atoms in total. The number of aliphatic carboxylic acids is 1. The van der Waals surface area contributed by atoms with Crippen molar-refractivity contribution in [3.8, 4) is 11.5 Å². The van der Waals surface area contributed by atoms with E-state index in [-0.39, 0.29) is 0 Å². The first kappa shape index (κ1) is 18.0. The Kier molecular flexibility index (Phi) is 6.37. The number of rotatable bonds is 7. The molecule has 0 amide bonds. The lowest BCUT2D eigenvalue weighted by Gasteiger charge is -2.13. The zero-order chi connectivity index (χ0) is 17.5. The molecule has 0 fully saturated rings. The Morgan fingerprint density at radius 2 is 2.04 bits per heavy atom. The van der Waals surface area contributed by atoms with Crippen LogP contribution in [0.15, 0.2) is 45.9 Å². The molecular formula is C18H18BrNO4. The van der Waals surface area contributed by atoms with E-state index < -0.39 is 12.6 Å². The minimum absolute atomic E-state index is 0.368. The van der Waals surface area contributed by atoms with Crippen LogP contribution < -0.4 is 9.47 Å². The van der Waals surface area contributed by atoms with Crippen molar-refractivity contribution < 1.29 is 19.4 Å². The van der Waals surface area contributed by atoms with Crippen LogP contribution in [-0.2, 0) is 4.79 Å². The highest BCUT2D eigenvalue weighted by Crippen LogP contribution is 2.36. The maximum Gasteiger partial charge on any atom is 0.341 e. The Labute approximate surface area is 149 Å². The molecule has 0 bridgehead atoms. The van der Waals surface area contributed by atoms with Crippen LogP contribution >= 0.6 is 15.9 Å². The Hall–Kier alpha value is -2.34. The van der Waals surface area contributed by atoms with Gasteiger partial charge in [-0.15, -0.1) is 0 Å². The zero-order valence-electron chi connectivity index (χ0n) is 13.5. The Morgan fingerprint density at radius 3 is 2.71 bits per heavy atom. The summed E-state index contributed by atoms with van der Waals surface area (Å²) in [6, 6.07) is 11.4. The molecule has 2 aromatic rings. The molecule has 0 saturated carbocycles. The topological polar surface area (TPSA) is 68.1 Å². The van der Waals surface area contributed by atoms with Gasteiger partial charge in [0.25, 0.3) is 0 Å². The molecule has 2 rings (SSSR count). The normalized spacial score (nSPS) is 10.8. The first-order chi connectivity index (χ1) is 11.5. The maximum atomic E-state index is 10.7. The molecule has 6 heteroatoms. The van der Waals surface area contributed by atoms with Gasteiger partial charge in [0.05, 0.1) is 16.8 Å². The number of benzene rings is 2. The molecule has 0 heterocycles. The van der Waals surface area contributed by atoms with Crippen molar-refractivity contribution in [2.75, 3.05) is 13.2 Å². The summed E-state index contributed by atoms with van der Waals surface area (Å²) >= 11 is 3.40. The lowest BCUT2D eigenvalue weighted by Crippen LogP contribution is -2.11. The van der Waals surface area contributed by atoms with Gasteiger partial charge in [0.1, 0.15) is 0 Å². The molecular weight excluding hydrogens is 374 g/mol. The number of hydrogen-bond donors (Lipinski definition) is 1. The van der Waals surface area contributed by atoms with Crippen LogP contribution in [0.4, 0.5) is 5.69 Å². The number of carboxylic acids is 1. The van der Waals surface area contributed by atoms with E-state index in [2.05, 4.69) is 20.9 Å². The van der Waals surface area contributed by atoms with E-state index in [9.17, 15) is 4.79 Å². The van der Waals surface area contributed by atoms with Gasteiger partial charge in [-0.1, -0.05) is 18.2 Å². The van der Waals surface area contributed by atoms with Crippen LogP contribution in [-0.4, -0.2) is 30.5 Å². The van der Waals surface area contributed by atoms with Crippen LogP contribution in [0.25, 0.3) is 0 Å². The molecule has 0 aliphatic carbocycles. The van der Waals surface area contributed by atoms with E-state index in [1.54, 1.807) is 12.3 Å². The van der Waals surface area contributed by atoms with Crippen LogP contribution in [0, 0.1) is 6.92 Å². The average molecular weight is 392 g/mol. The summed E-state index contributed by atoms with van der Waals surface area (Å²) in [6.45, 7) is 3.85. The summed E-state index contributed by atoms with van der Waals surface area (Å²) in [5.41, 5.74) is 2.79. The summed E-state index contributed by atoms with van der Waals surface area (Å²) in [7, 11) is 0. The van der Waals surface area contributed by atoms with E-state index in [1.165, 1.54) is 0 Å². The molecule has 24 heavy (non-hydrogen) atoms. The zero-order valence-corrected chi connectivity index (χ0v) is 15.0. The van der Waals surface area contributed by atoms with Crippen molar-refractivity contribution in [1.82, 2.24) is 0 Å². The van der Waals surface area contributed by atoms with Gasteiger partial charge in [0, 0.05) is 6.21 Å². The third-order valence-corrected chi connectivity index (χ3v) is 3.73. The standard InChI is InChI=1S/C18H18BrNO4/c1-3-23-16-9-13(8-14(19)18(16)24-11-17(21)22)10-20-15-7-5-4-6-12(15)2/h4-10H,3,11H2,1-2H3,(H,21,22). The molecule has 0 spiro atoms. The van der Waals surface area contributed by atoms with Gasteiger partial charge in [-0.3, -0.25) is 4.99 Å². The molecule has 1 N–H and O–H groups in total. The third-order valence-electron chi connectivity index (χ3n) is 3.14. The molecule has 126 valence electrons. The highest BCUT2D eigenvalue weighted by atomic mass is 79.9. The monoisotopic (exact) mass is 391 g/mol. The average Bonchev–Trinajstić information content (AvgIpc) is 2.53. The van der Waals surface area contributed by atoms with Crippen molar-refractivity contribution in [2.45, 2.75) is 13.8 Å². The van der Waals surface area contributed by atoms with E-state index in [0.717, 1.165) is 16.8 Å². The summed E-state index contributed by atoms with van der Waals surface area (Å²) in [4.78, 5) is 15.2. The molecule has 0 aliphatic heterocycles. The number of para-hydroxylation sites is 1. The first-order valence-corrected chi connectivity index (χ1v) is 8.21. The summed E-state index contributed by atoms with van der Waals surface area (Å²) in [5, 5.41) is 8.78. The highest BCUT2D eigenvalue weighted by molar-refractivity contribution is 9.10. The largest absolute Gasteiger partial charge is 0.490 e. The fourth-order valence-electron chi connectivity index (χ4n) is 2.05. The molecule has 0 atom stereocenters. The number of carbonyl (C=O) groups is 1. The second kappa shape index (κ2) is 8.49. The Bertz CT molecular complexity index is 759. The SMILES string of the molecule is CCOc1cc(C=Nc2ccccc2C)cc(Br)c1OCC(=O)O. The van der Waals surface area contributed by atoms with E-state index in [4.69, 9.17) is 14.6 Å². The summed E-state index contributed by atoms with van der Waals surface area (Å²) < 4.78 is 11.5. The lowest BCUT2D eigenvalue weighted by atomic mass is 10.2. The molecule has 0 aliphatic rings. The van der Waals surface area contributed by atoms with Gasteiger partial charge in [0.15, 0.2) is 18.1 Å². The summed E-state index contributed by atoms with van der Waals surface area (Å²) in [5.74, 6) is -0.207. The van der Waals surface area contributed by atoms with Gasteiger partial charge in [-0.2, -0.15) is 0 Å². The van der Waals surface area contributed by atoms with Gasteiger partial charge in [-0.25, -0.2) is 4.79 Å². The predicted octanol–water partition coefficient (Wildman–Crippen LogP) is 4.37. The lowest BCUT2D eigenvalue weighted by molar-refractivity contribution is -0.139. The second-order valence-electron chi connectivity index (χ2n) is 4.99.